The number of nitrogens with two attached hydrogens (primary N) is 1. The maximum Gasteiger partial charge on any atom is 0.171 e. The zero-order valence-electron chi connectivity index (χ0n) is 24.9. The van der Waals surface area contributed by atoms with Crippen LogP contribution in [-0.4, -0.2) is 28.5 Å². The SMILES string of the molecule is CCOc1cc(OC(C)C)c(F)c(C(Nc2ccc(C(=N)N)cc2)c2nc(-c3cccc(OCc4ccccc4)c3)c[nH]2)c1. The number of halogens is 1. The third kappa shape index (κ3) is 7.36. The lowest BCUT2D eigenvalue weighted by Crippen LogP contribution is -2.18. The first-order valence-electron chi connectivity index (χ1n) is 14.5. The first-order chi connectivity index (χ1) is 21.3. The number of benzene rings is 4. The van der Waals surface area contributed by atoms with Crippen LogP contribution in [0.3, 0.4) is 0 Å². The van der Waals surface area contributed by atoms with Gasteiger partial charge in [0.1, 0.15) is 35.8 Å². The molecule has 0 aliphatic carbocycles. The monoisotopic (exact) mass is 593 g/mol. The van der Waals surface area contributed by atoms with Crippen molar-refractivity contribution in [2.75, 3.05) is 11.9 Å². The summed E-state index contributed by atoms with van der Waals surface area (Å²) in [5, 5.41) is 11.1. The second-order valence-corrected chi connectivity index (χ2v) is 10.5. The zero-order chi connectivity index (χ0) is 31.1. The van der Waals surface area contributed by atoms with Crippen LogP contribution in [0.2, 0.25) is 0 Å². The van der Waals surface area contributed by atoms with Gasteiger partial charge >= 0.3 is 0 Å². The minimum Gasteiger partial charge on any atom is -0.494 e. The lowest BCUT2D eigenvalue weighted by molar-refractivity contribution is 0.228. The molecule has 1 unspecified atom stereocenters. The average molecular weight is 594 g/mol. The fourth-order valence-corrected chi connectivity index (χ4v) is 4.72. The van der Waals surface area contributed by atoms with Crippen LogP contribution in [0.25, 0.3) is 11.3 Å². The van der Waals surface area contributed by atoms with Crippen LogP contribution in [0.1, 0.15) is 49.3 Å². The zero-order valence-corrected chi connectivity index (χ0v) is 24.9. The van der Waals surface area contributed by atoms with Crippen LogP contribution in [-0.2, 0) is 6.61 Å². The molecule has 8 nitrogen and oxygen atoms in total. The molecule has 44 heavy (non-hydrogen) atoms. The number of ether oxygens (including phenoxy) is 3. The normalized spacial score (nSPS) is 11.7. The van der Waals surface area contributed by atoms with Crippen LogP contribution < -0.4 is 25.3 Å². The Kier molecular flexibility index (Phi) is 9.44. The number of nitrogens with one attached hydrogen (secondary N) is 3. The average Bonchev–Trinajstić information content (AvgIpc) is 3.51. The van der Waals surface area contributed by atoms with E-state index in [4.69, 9.17) is 30.3 Å². The molecule has 9 heteroatoms. The molecular weight excluding hydrogens is 557 g/mol. The fraction of sp³-hybridized carbons (Fsp3) is 0.200. The van der Waals surface area contributed by atoms with Crippen molar-refractivity contribution in [2.45, 2.75) is 39.5 Å². The predicted molar refractivity (Wildman–Crippen MR) is 171 cm³/mol. The van der Waals surface area contributed by atoms with E-state index < -0.39 is 11.9 Å². The summed E-state index contributed by atoms with van der Waals surface area (Å²) < 4.78 is 33.8. The Morgan fingerprint density at radius 3 is 2.43 bits per heavy atom. The van der Waals surface area contributed by atoms with Crippen molar-refractivity contribution in [2.24, 2.45) is 5.73 Å². The summed E-state index contributed by atoms with van der Waals surface area (Å²) >= 11 is 0. The fourth-order valence-electron chi connectivity index (χ4n) is 4.72. The number of aromatic nitrogens is 2. The highest BCUT2D eigenvalue weighted by Crippen LogP contribution is 2.36. The predicted octanol–water partition coefficient (Wildman–Crippen LogP) is 7.47. The molecule has 4 aromatic carbocycles. The first-order valence-corrected chi connectivity index (χ1v) is 14.5. The summed E-state index contributed by atoms with van der Waals surface area (Å²) in [4.78, 5) is 8.14. The van der Waals surface area contributed by atoms with Crippen LogP contribution in [0.4, 0.5) is 10.1 Å². The topological polar surface area (TPSA) is 118 Å². The van der Waals surface area contributed by atoms with Crippen molar-refractivity contribution >= 4 is 11.5 Å². The van der Waals surface area contributed by atoms with E-state index in [1.54, 1.807) is 42.6 Å². The third-order valence-electron chi connectivity index (χ3n) is 6.78. The number of anilines is 1. The summed E-state index contributed by atoms with van der Waals surface area (Å²) in [5.74, 6) is 1.21. The number of aromatic amines is 1. The van der Waals surface area contributed by atoms with E-state index in [0.29, 0.717) is 53.0 Å². The molecular formula is C35H36FN5O3. The minimum absolute atomic E-state index is 0.0373. The van der Waals surface area contributed by atoms with Crippen molar-refractivity contribution in [3.63, 3.8) is 0 Å². The van der Waals surface area contributed by atoms with Gasteiger partial charge in [-0.3, -0.25) is 5.41 Å². The van der Waals surface area contributed by atoms with E-state index in [0.717, 1.165) is 11.1 Å². The summed E-state index contributed by atoms with van der Waals surface area (Å²) in [6.07, 6.45) is 1.54. The molecule has 226 valence electrons. The summed E-state index contributed by atoms with van der Waals surface area (Å²) in [6.45, 7) is 6.41. The molecule has 0 radical (unpaired) electrons. The van der Waals surface area contributed by atoms with Crippen molar-refractivity contribution in [3.05, 3.63) is 126 Å². The van der Waals surface area contributed by atoms with Crippen molar-refractivity contribution in [1.82, 2.24) is 9.97 Å². The largest absolute Gasteiger partial charge is 0.494 e. The smallest absolute Gasteiger partial charge is 0.171 e. The third-order valence-corrected chi connectivity index (χ3v) is 6.78. The highest BCUT2D eigenvalue weighted by Gasteiger charge is 2.26. The molecule has 5 aromatic rings. The summed E-state index contributed by atoms with van der Waals surface area (Å²) in [7, 11) is 0. The van der Waals surface area contributed by atoms with Crippen molar-refractivity contribution in [1.29, 1.82) is 5.41 Å². The number of amidine groups is 1. The molecule has 1 atom stereocenters. The van der Waals surface area contributed by atoms with Crippen molar-refractivity contribution in [3.8, 4) is 28.5 Å². The standard InChI is InChI=1S/C35H36FN5O3/c1-4-42-28-18-29(32(36)31(19-28)44-22(2)3)33(40-26-15-13-24(14-16-26)34(37)38)35-39-20-30(41-35)25-11-8-12-27(17-25)43-21-23-9-6-5-7-10-23/h5-20,22,33,40H,4,21H2,1-3H3,(H3,37,38)(H,39,41). The van der Waals surface area contributed by atoms with Gasteiger partial charge in [-0.2, -0.15) is 0 Å². The van der Waals surface area contributed by atoms with Crippen LogP contribution in [0, 0.1) is 11.2 Å². The molecule has 0 saturated heterocycles. The minimum atomic E-state index is -0.751. The van der Waals surface area contributed by atoms with Gasteiger partial charge in [-0.15, -0.1) is 0 Å². The van der Waals surface area contributed by atoms with Gasteiger partial charge in [0.25, 0.3) is 0 Å². The number of nitrogen functional groups attached to an aromatic ring is 1. The maximum absolute atomic E-state index is 16.1. The number of H-pyrrole nitrogens is 1. The molecule has 0 fully saturated rings. The van der Waals surface area contributed by atoms with E-state index in [-0.39, 0.29) is 17.7 Å². The van der Waals surface area contributed by atoms with Gasteiger partial charge in [-0.25, -0.2) is 9.37 Å². The first kappa shape index (κ1) is 30.2. The van der Waals surface area contributed by atoms with Gasteiger partial charge in [0.05, 0.1) is 18.4 Å². The molecule has 0 aliphatic rings. The lowest BCUT2D eigenvalue weighted by atomic mass is 10.0. The van der Waals surface area contributed by atoms with Crippen LogP contribution in [0.15, 0.2) is 97.2 Å². The van der Waals surface area contributed by atoms with Crippen LogP contribution in [0.5, 0.6) is 17.2 Å². The van der Waals surface area contributed by atoms with E-state index in [1.807, 2.05) is 75.4 Å². The maximum atomic E-state index is 16.1. The number of hydrogen-bond donors (Lipinski definition) is 4. The Hall–Kier alpha value is -5.31. The molecule has 1 heterocycles. The van der Waals surface area contributed by atoms with Gasteiger partial charge < -0.3 is 30.2 Å². The van der Waals surface area contributed by atoms with Gasteiger partial charge in [0.15, 0.2) is 11.6 Å². The highest BCUT2D eigenvalue weighted by molar-refractivity contribution is 5.95. The quantitative estimate of drug-likeness (QED) is 0.0831. The number of hydrogen-bond acceptors (Lipinski definition) is 6. The molecule has 5 N–H and O–H groups in total. The van der Waals surface area contributed by atoms with Gasteiger partial charge in [0, 0.05) is 34.6 Å². The Morgan fingerprint density at radius 1 is 0.955 bits per heavy atom. The summed E-state index contributed by atoms with van der Waals surface area (Å²) in [5.41, 5.74) is 9.79. The van der Waals surface area contributed by atoms with Gasteiger partial charge in [-0.1, -0.05) is 42.5 Å². The molecule has 5 rings (SSSR count). The Labute approximate surface area is 256 Å². The van der Waals surface area contributed by atoms with Crippen LogP contribution >= 0.6 is 0 Å². The second kappa shape index (κ2) is 13.8. The van der Waals surface area contributed by atoms with Gasteiger partial charge in [-0.05, 0) is 68.8 Å². The number of nitrogens with zero attached hydrogens (tertiary/aromatic N) is 1. The van der Waals surface area contributed by atoms with E-state index in [9.17, 15) is 0 Å². The number of imidazole rings is 1. The molecule has 0 amide bonds. The Balaban J connectivity index is 1.51. The molecule has 0 saturated carbocycles. The van der Waals surface area contributed by atoms with Gasteiger partial charge in [0.2, 0.25) is 0 Å². The lowest BCUT2D eigenvalue weighted by Gasteiger charge is -2.22. The summed E-state index contributed by atoms with van der Waals surface area (Å²) in [6, 6.07) is 27.2. The van der Waals surface area contributed by atoms with E-state index >= 15 is 4.39 Å². The second-order valence-electron chi connectivity index (χ2n) is 10.5. The van der Waals surface area contributed by atoms with Crippen molar-refractivity contribution < 1.29 is 18.6 Å². The highest BCUT2D eigenvalue weighted by atomic mass is 19.1. The molecule has 0 spiro atoms. The molecule has 1 aromatic heterocycles. The molecule has 0 bridgehead atoms. The van der Waals surface area contributed by atoms with E-state index in [1.165, 1.54) is 0 Å². The molecule has 0 aliphatic heterocycles. The Morgan fingerprint density at radius 2 is 1.73 bits per heavy atom. The van der Waals surface area contributed by atoms with E-state index in [2.05, 4.69) is 10.3 Å². The Bertz CT molecular complexity index is 1700. The number of rotatable bonds is 13.